The summed E-state index contributed by atoms with van der Waals surface area (Å²) < 4.78 is 23.5. The van der Waals surface area contributed by atoms with E-state index >= 15 is 0 Å². The zero-order chi connectivity index (χ0) is 20.6. The van der Waals surface area contributed by atoms with Gasteiger partial charge in [-0.3, -0.25) is 4.79 Å². The van der Waals surface area contributed by atoms with Gasteiger partial charge in [0.2, 0.25) is 0 Å². The molecule has 0 atom stereocenters. The van der Waals surface area contributed by atoms with Crippen LogP contribution in [0, 0.1) is 5.82 Å². The van der Waals surface area contributed by atoms with Gasteiger partial charge < -0.3 is 20.1 Å². The van der Waals surface area contributed by atoms with Gasteiger partial charge in [-0.25, -0.2) is 9.37 Å². The molecule has 0 aliphatic carbocycles. The lowest BCUT2D eigenvalue weighted by molar-refractivity contribution is 0.0946. The summed E-state index contributed by atoms with van der Waals surface area (Å²) in [6, 6.07) is 15.1. The van der Waals surface area contributed by atoms with E-state index < -0.39 is 0 Å². The monoisotopic (exact) mass is 395 g/mol. The van der Waals surface area contributed by atoms with E-state index in [0.29, 0.717) is 30.3 Å². The Morgan fingerprint density at radius 1 is 0.931 bits per heavy atom. The molecule has 3 aromatic rings. The van der Waals surface area contributed by atoms with Gasteiger partial charge >= 0.3 is 0 Å². The molecule has 0 radical (unpaired) electrons. The van der Waals surface area contributed by atoms with Crippen LogP contribution in [0.15, 0.2) is 60.8 Å². The molecular weight excluding hydrogens is 373 g/mol. The molecule has 6 nitrogen and oxygen atoms in total. The van der Waals surface area contributed by atoms with Crippen LogP contribution in [0.4, 0.5) is 10.1 Å². The highest BCUT2D eigenvalue weighted by Crippen LogP contribution is 2.27. The van der Waals surface area contributed by atoms with E-state index in [9.17, 15) is 9.18 Å². The van der Waals surface area contributed by atoms with E-state index in [2.05, 4.69) is 15.6 Å². The van der Waals surface area contributed by atoms with Crippen molar-refractivity contribution in [1.82, 2.24) is 10.3 Å². The number of nitrogens with zero attached hydrogens (tertiary/aromatic N) is 1. The topological polar surface area (TPSA) is 72.5 Å². The number of methoxy groups -OCH3 is 2. The predicted molar refractivity (Wildman–Crippen MR) is 109 cm³/mol. The van der Waals surface area contributed by atoms with Gasteiger partial charge in [0.05, 0.1) is 26.1 Å². The third-order valence-electron chi connectivity index (χ3n) is 4.31. The van der Waals surface area contributed by atoms with Gasteiger partial charge in [-0.2, -0.15) is 0 Å². The predicted octanol–water partition coefficient (Wildman–Crippen LogP) is 3.78. The molecule has 0 aliphatic rings. The zero-order valence-corrected chi connectivity index (χ0v) is 16.2. The Hall–Kier alpha value is -3.61. The molecule has 1 aromatic heterocycles. The van der Waals surface area contributed by atoms with Crippen molar-refractivity contribution < 1.29 is 18.7 Å². The molecule has 1 amide bonds. The highest BCUT2D eigenvalue weighted by molar-refractivity contribution is 5.92. The Morgan fingerprint density at radius 2 is 1.66 bits per heavy atom. The van der Waals surface area contributed by atoms with Crippen LogP contribution in [0.25, 0.3) is 0 Å². The van der Waals surface area contributed by atoms with Gasteiger partial charge in [-0.15, -0.1) is 0 Å². The Morgan fingerprint density at radius 3 is 2.31 bits per heavy atom. The number of carbonyl (C=O) groups is 1. The molecule has 150 valence electrons. The van der Waals surface area contributed by atoms with Gasteiger partial charge in [-0.05, 0) is 47.5 Å². The first-order valence-corrected chi connectivity index (χ1v) is 9.02. The number of anilines is 1. The number of ether oxygens (including phenoxy) is 2. The van der Waals surface area contributed by atoms with Crippen molar-refractivity contribution in [3.05, 3.63) is 83.4 Å². The Labute approximate surface area is 168 Å². The molecule has 0 spiro atoms. The second-order valence-electron chi connectivity index (χ2n) is 6.28. The quantitative estimate of drug-likeness (QED) is 0.607. The summed E-state index contributed by atoms with van der Waals surface area (Å²) in [5, 5.41) is 6.02. The van der Waals surface area contributed by atoms with E-state index in [1.165, 1.54) is 12.1 Å². The number of hydrogen-bond donors (Lipinski definition) is 2. The third-order valence-corrected chi connectivity index (χ3v) is 4.31. The SMILES string of the molecule is COc1ccc(CNc2ccc(C(=O)NCc3ccc(F)cc3)nc2)cc1OC. The number of amides is 1. The molecule has 0 aliphatic heterocycles. The van der Waals surface area contributed by atoms with Crippen LogP contribution in [0.1, 0.15) is 21.6 Å². The minimum Gasteiger partial charge on any atom is -0.493 e. The second kappa shape index (κ2) is 9.54. The standard InChI is InChI=1S/C22H22FN3O3/c1-28-20-10-5-16(11-21(20)29-2)13-24-18-8-9-19(25-14-18)22(27)26-12-15-3-6-17(23)7-4-15/h3-11,14,24H,12-13H2,1-2H3,(H,26,27). The number of pyridine rings is 1. The first kappa shape index (κ1) is 20.1. The van der Waals surface area contributed by atoms with Crippen molar-refractivity contribution in [2.75, 3.05) is 19.5 Å². The van der Waals surface area contributed by atoms with Crippen LogP contribution in [0.2, 0.25) is 0 Å². The van der Waals surface area contributed by atoms with Crippen molar-refractivity contribution in [2.24, 2.45) is 0 Å². The Balaban J connectivity index is 1.54. The lowest BCUT2D eigenvalue weighted by atomic mass is 10.2. The van der Waals surface area contributed by atoms with Crippen molar-refractivity contribution in [1.29, 1.82) is 0 Å². The van der Waals surface area contributed by atoms with Crippen molar-refractivity contribution in [3.8, 4) is 11.5 Å². The molecule has 0 saturated heterocycles. The number of halogens is 1. The fraction of sp³-hybridized carbons (Fsp3) is 0.182. The van der Waals surface area contributed by atoms with E-state index in [-0.39, 0.29) is 11.7 Å². The maximum atomic E-state index is 12.9. The number of rotatable bonds is 8. The Kier molecular flexibility index (Phi) is 6.63. The summed E-state index contributed by atoms with van der Waals surface area (Å²) in [5.74, 6) is 0.741. The van der Waals surface area contributed by atoms with Crippen molar-refractivity contribution in [3.63, 3.8) is 0 Å². The lowest BCUT2D eigenvalue weighted by Gasteiger charge is -2.11. The van der Waals surface area contributed by atoms with Crippen molar-refractivity contribution >= 4 is 11.6 Å². The maximum Gasteiger partial charge on any atom is 0.270 e. The fourth-order valence-corrected chi connectivity index (χ4v) is 2.70. The van der Waals surface area contributed by atoms with Gasteiger partial charge in [0.15, 0.2) is 11.5 Å². The smallest absolute Gasteiger partial charge is 0.270 e. The first-order chi connectivity index (χ1) is 14.1. The second-order valence-corrected chi connectivity index (χ2v) is 6.28. The minimum absolute atomic E-state index is 0.291. The highest BCUT2D eigenvalue weighted by Gasteiger charge is 2.08. The van der Waals surface area contributed by atoms with E-state index in [0.717, 1.165) is 16.8 Å². The molecule has 3 rings (SSSR count). The van der Waals surface area contributed by atoms with Crippen LogP contribution in [-0.4, -0.2) is 25.1 Å². The van der Waals surface area contributed by atoms with Crippen LogP contribution >= 0.6 is 0 Å². The van der Waals surface area contributed by atoms with Gasteiger partial charge in [0.25, 0.3) is 5.91 Å². The molecule has 7 heteroatoms. The molecule has 0 bridgehead atoms. The van der Waals surface area contributed by atoms with E-state index in [1.54, 1.807) is 44.7 Å². The number of benzene rings is 2. The van der Waals surface area contributed by atoms with Crippen LogP contribution in [0.3, 0.4) is 0 Å². The summed E-state index contributed by atoms with van der Waals surface area (Å²) in [4.78, 5) is 16.4. The summed E-state index contributed by atoms with van der Waals surface area (Å²) in [6.45, 7) is 0.873. The van der Waals surface area contributed by atoms with Crippen LogP contribution < -0.4 is 20.1 Å². The zero-order valence-electron chi connectivity index (χ0n) is 16.2. The number of aromatic nitrogens is 1. The summed E-state index contributed by atoms with van der Waals surface area (Å²) in [7, 11) is 3.19. The summed E-state index contributed by atoms with van der Waals surface area (Å²) in [6.07, 6.45) is 1.60. The van der Waals surface area contributed by atoms with E-state index in [1.807, 2.05) is 18.2 Å². The van der Waals surface area contributed by atoms with Gasteiger partial charge in [0, 0.05) is 13.1 Å². The van der Waals surface area contributed by atoms with Crippen LogP contribution in [0.5, 0.6) is 11.5 Å². The molecule has 2 N–H and O–H groups in total. The first-order valence-electron chi connectivity index (χ1n) is 9.02. The molecule has 2 aromatic carbocycles. The average molecular weight is 395 g/mol. The Bertz CT molecular complexity index is 960. The normalized spacial score (nSPS) is 10.3. The number of hydrogen-bond acceptors (Lipinski definition) is 5. The van der Waals surface area contributed by atoms with Gasteiger partial charge in [0.1, 0.15) is 11.5 Å². The summed E-state index contributed by atoms with van der Waals surface area (Å²) >= 11 is 0. The van der Waals surface area contributed by atoms with Gasteiger partial charge in [-0.1, -0.05) is 18.2 Å². The molecule has 0 fully saturated rings. The molecular formula is C22H22FN3O3. The lowest BCUT2D eigenvalue weighted by Crippen LogP contribution is -2.23. The number of carbonyl (C=O) groups excluding carboxylic acids is 1. The number of nitrogens with one attached hydrogen (secondary N) is 2. The van der Waals surface area contributed by atoms with E-state index in [4.69, 9.17) is 9.47 Å². The average Bonchev–Trinajstić information content (AvgIpc) is 2.77. The van der Waals surface area contributed by atoms with Crippen LogP contribution in [-0.2, 0) is 13.1 Å². The van der Waals surface area contributed by atoms with Crippen molar-refractivity contribution in [2.45, 2.75) is 13.1 Å². The highest BCUT2D eigenvalue weighted by atomic mass is 19.1. The third kappa shape index (κ3) is 5.44. The minimum atomic E-state index is -0.307. The maximum absolute atomic E-state index is 12.9. The summed E-state index contributed by atoms with van der Waals surface area (Å²) in [5.41, 5.74) is 2.93. The largest absolute Gasteiger partial charge is 0.493 e. The molecule has 0 saturated carbocycles. The molecule has 1 heterocycles. The molecule has 0 unspecified atom stereocenters. The fourth-order valence-electron chi connectivity index (χ4n) is 2.70. The molecule has 29 heavy (non-hydrogen) atoms.